The molecule has 2 aromatic rings. The summed E-state index contributed by atoms with van der Waals surface area (Å²) < 4.78 is 14.6. The third kappa shape index (κ3) is 4.08. The Hall–Kier alpha value is -2.31. The predicted octanol–water partition coefficient (Wildman–Crippen LogP) is 5.28. The first-order chi connectivity index (χ1) is 13.5. The molecule has 0 spiro atoms. The Balaban J connectivity index is 1.59. The minimum Gasteiger partial charge on any atom is -0.369 e. The Morgan fingerprint density at radius 2 is 2.04 bits per heavy atom. The van der Waals surface area contributed by atoms with Crippen LogP contribution in [0.2, 0.25) is 5.02 Å². The summed E-state index contributed by atoms with van der Waals surface area (Å²) in [6, 6.07) is 10.5. The van der Waals surface area contributed by atoms with Crippen molar-refractivity contribution < 1.29 is 9.18 Å². The molecule has 0 bridgehead atoms. The lowest BCUT2D eigenvalue weighted by atomic mass is 10.1. The molecule has 4 nitrogen and oxygen atoms in total. The summed E-state index contributed by atoms with van der Waals surface area (Å²) in [6.07, 6.45) is 3.90. The van der Waals surface area contributed by atoms with Crippen LogP contribution in [-0.4, -0.2) is 24.2 Å². The van der Waals surface area contributed by atoms with Gasteiger partial charge in [0.05, 0.1) is 16.3 Å². The molecule has 2 aliphatic heterocycles. The van der Waals surface area contributed by atoms with Crippen molar-refractivity contribution in [1.29, 1.82) is 0 Å². The monoisotopic (exact) mass is 415 g/mol. The van der Waals surface area contributed by atoms with Crippen LogP contribution < -0.4 is 10.2 Å². The van der Waals surface area contributed by atoms with Gasteiger partial charge >= 0.3 is 0 Å². The maximum atomic E-state index is 14.6. The van der Waals surface area contributed by atoms with Crippen LogP contribution in [0.5, 0.6) is 0 Å². The van der Waals surface area contributed by atoms with Crippen molar-refractivity contribution in [3.8, 4) is 0 Å². The summed E-state index contributed by atoms with van der Waals surface area (Å²) in [5.74, 6) is -0.496. The van der Waals surface area contributed by atoms with Crippen LogP contribution in [0, 0.1) is 12.7 Å². The van der Waals surface area contributed by atoms with E-state index in [2.05, 4.69) is 15.2 Å². The van der Waals surface area contributed by atoms with Crippen molar-refractivity contribution in [3.63, 3.8) is 0 Å². The molecule has 1 amide bonds. The van der Waals surface area contributed by atoms with Gasteiger partial charge in [-0.15, -0.1) is 0 Å². The lowest BCUT2D eigenvalue weighted by Gasteiger charge is -2.19. The number of aliphatic imine (C=N–C) groups is 1. The Kier molecular flexibility index (Phi) is 5.42. The fraction of sp³-hybridized carbons (Fsp3) is 0.238. The average molecular weight is 416 g/mol. The van der Waals surface area contributed by atoms with Crippen molar-refractivity contribution in [1.82, 2.24) is 5.32 Å². The molecule has 0 radical (unpaired) electrons. The molecule has 2 aliphatic rings. The topological polar surface area (TPSA) is 44.7 Å². The van der Waals surface area contributed by atoms with Crippen molar-refractivity contribution >= 4 is 51.9 Å². The molecule has 2 fully saturated rings. The molecule has 2 aromatic carbocycles. The number of nitrogens with zero attached hydrogens (tertiary/aromatic N) is 2. The van der Waals surface area contributed by atoms with Crippen LogP contribution in [0.15, 0.2) is 46.3 Å². The number of carbonyl (C=O) groups excluding carboxylic acids is 1. The summed E-state index contributed by atoms with van der Waals surface area (Å²) >= 11 is 7.21. The fourth-order valence-electron chi connectivity index (χ4n) is 3.32. The van der Waals surface area contributed by atoms with Gasteiger partial charge in [-0.3, -0.25) is 4.79 Å². The third-order valence-corrected chi connectivity index (χ3v) is 5.90. The number of aryl methyl sites for hydroxylation is 1. The zero-order chi connectivity index (χ0) is 19.7. The second-order valence-corrected chi connectivity index (χ2v) is 8.28. The molecular formula is C21H19ClFN3OS. The number of hydrogen-bond acceptors (Lipinski definition) is 4. The highest BCUT2D eigenvalue weighted by atomic mass is 35.5. The number of hydrogen-bond donors (Lipinski definition) is 1. The largest absolute Gasteiger partial charge is 0.369 e. The van der Waals surface area contributed by atoms with Gasteiger partial charge in [0.25, 0.3) is 5.91 Å². The number of amidine groups is 1. The smallest absolute Gasteiger partial charge is 0.264 e. The van der Waals surface area contributed by atoms with E-state index < -0.39 is 0 Å². The number of anilines is 1. The Morgan fingerprint density at radius 3 is 2.79 bits per heavy atom. The van der Waals surface area contributed by atoms with Crippen LogP contribution in [0.4, 0.5) is 15.8 Å². The molecule has 28 heavy (non-hydrogen) atoms. The quantitative estimate of drug-likeness (QED) is 0.693. The number of benzene rings is 2. The second kappa shape index (κ2) is 7.97. The molecule has 4 rings (SSSR count). The summed E-state index contributed by atoms with van der Waals surface area (Å²) in [4.78, 5) is 19.3. The fourth-order valence-corrected chi connectivity index (χ4v) is 4.34. The molecule has 0 atom stereocenters. The van der Waals surface area contributed by atoms with Crippen molar-refractivity contribution in [2.45, 2.75) is 19.8 Å². The molecule has 0 unspecified atom stereocenters. The molecule has 0 aromatic heterocycles. The first-order valence-electron chi connectivity index (χ1n) is 9.10. The normalized spacial score (nSPS) is 19.7. The zero-order valence-corrected chi connectivity index (χ0v) is 16.9. The number of nitrogens with one attached hydrogen (secondary N) is 1. The van der Waals surface area contributed by atoms with Gasteiger partial charge in [0.2, 0.25) is 0 Å². The highest BCUT2D eigenvalue weighted by Gasteiger charge is 2.24. The molecule has 2 saturated heterocycles. The summed E-state index contributed by atoms with van der Waals surface area (Å²) in [5.41, 5.74) is 2.93. The Bertz CT molecular complexity index is 999. The van der Waals surface area contributed by atoms with Crippen LogP contribution in [0.25, 0.3) is 6.08 Å². The standard InChI is InChI=1S/C21H19ClFN3OS/c1-13-9-18(26-7-2-3-8-26)17(23)10-14(13)11-19-20(27)25-21(28-19)24-16-6-4-5-15(22)12-16/h4-6,9-12H,2-3,7-8H2,1H3,(H,24,25,27)/b19-11-. The first-order valence-corrected chi connectivity index (χ1v) is 10.3. The molecule has 0 aliphatic carbocycles. The van der Waals surface area contributed by atoms with E-state index in [0.29, 0.717) is 32.0 Å². The van der Waals surface area contributed by atoms with Gasteiger partial charge in [-0.1, -0.05) is 17.7 Å². The van der Waals surface area contributed by atoms with Crippen LogP contribution in [0.3, 0.4) is 0 Å². The molecule has 2 heterocycles. The number of halogens is 2. The number of rotatable bonds is 3. The molecule has 7 heteroatoms. The van der Waals surface area contributed by atoms with E-state index in [1.54, 1.807) is 24.3 Å². The molecule has 144 valence electrons. The van der Waals surface area contributed by atoms with E-state index in [4.69, 9.17) is 11.6 Å². The van der Waals surface area contributed by atoms with Gasteiger partial charge < -0.3 is 10.2 Å². The average Bonchev–Trinajstić information content (AvgIpc) is 3.28. The third-order valence-electron chi connectivity index (χ3n) is 4.76. The lowest BCUT2D eigenvalue weighted by Crippen LogP contribution is -2.19. The second-order valence-electron chi connectivity index (χ2n) is 6.82. The van der Waals surface area contributed by atoms with Gasteiger partial charge in [-0.2, -0.15) is 0 Å². The molecule has 1 N–H and O–H groups in total. The minimum absolute atomic E-state index is 0.241. The number of amides is 1. The maximum absolute atomic E-state index is 14.6. The van der Waals surface area contributed by atoms with E-state index in [1.807, 2.05) is 19.1 Å². The Morgan fingerprint density at radius 1 is 1.25 bits per heavy atom. The molecule has 0 saturated carbocycles. The van der Waals surface area contributed by atoms with E-state index in [1.165, 1.54) is 17.8 Å². The zero-order valence-electron chi connectivity index (χ0n) is 15.3. The maximum Gasteiger partial charge on any atom is 0.264 e. The SMILES string of the molecule is Cc1cc(N2CCCC2)c(F)cc1/C=C1\SC(=Nc2cccc(Cl)c2)NC1=O. The van der Waals surface area contributed by atoms with Crippen LogP contribution in [0.1, 0.15) is 24.0 Å². The van der Waals surface area contributed by atoms with Crippen molar-refractivity contribution in [2.75, 3.05) is 18.0 Å². The summed E-state index contributed by atoms with van der Waals surface area (Å²) in [6.45, 7) is 3.71. The number of carbonyl (C=O) groups is 1. The van der Waals surface area contributed by atoms with E-state index in [0.717, 1.165) is 31.5 Å². The van der Waals surface area contributed by atoms with Crippen LogP contribution in [-0.2, 0) is 4.79 Å². The molecular weight excluding hydrogens is 397 g/mol. The van der Waals surface area contributed by atoms with Gasteiger partial charge in [-0.05, 0) is 79.1 Å². The van der Waals surface area contributed by atoms with E-state index >= 15 is 0 Å². The van der Waals surface area contributed by atoms with Gasteiger partial charge in [0.15, 0.2) is 5.17 Å². The summed E-state index contributed by atoms with van der Waals surface area (Å²) in [5, 5.41) is 3.80. The predicted molar refractivity (Wildman–Crippen MR) is 115 cm³/mol. The van der Waals surface area contributed by atoms with Crippen LogP contribution >= 0.6 is 23.4 Å². The van der Waals surface area contributed by atoms with Gasteiger partial charge in [0, 0.05) is 18.1 Å². The summed E-state index contributed by atoms with van der Waals surface area (Å²) in [7, 11) is 0. The van der Waals surface area contributed by atoms with E-state index in [-0.39, 0.29) is 11.7 Å². The Labute approximate surface area is 172 Å². The first kappa shape index (κ1) is 19.0. The highest BCUT2D eigenvalue weighted by molar-refractivity contribution is 8.18. The highest BCUT2D eigenvalue weighted by Crippen LogP contribution is 2.32. The lowest BCUT2D eigenvalue weighted by molar-refractivity contribution is -0.115. The van der Waals surface area contributed by atoms with Gasteiger partial charge in [-0.25, -0.2) is 9.38 Å². The van der Waals surface area contributed by atoms with E-state index in [9.17, 15) is 9.18 Å². The van der Waals surface area contributed by atoms with Crippen molar-refractivity contribution in [3.05, 3.63) is 63.3 Å². The minimum atomic E-state index is -0.254. The van der Waals surface area contributed by atoms with Crippen molar-refractivity contribution in [2.24, 2.45) is 4.99 Å². The van der Waals surface area contributed by atoms with Gasteiger partial charge in [0.1, 0.15) is 5.82 Å². The number of thioether (sulfide) groups is 1.